The van der Waals surface area contributed by atoms with Crippen molar-refractivity contribution in [2.24, 2.45) is 0 Å². The van der Waals surface area contributed by atoms with E-state index in [0.717, 1.165) is 6.42 Å². The van der Waals surface area contributed by atoms with Gasteiger partial charge in [0.15, 0.2) is 0 Å². The van der Waals surface area contributed by atoms with Gasteiger partial charge in [0.1, 0.15) is 0 Å². The standard InChI is InChI=1S/C10H13ClN2O3S/c1-17(16)6-2-5-12-10-4-3-8(13(14)15)7-9(10)11/h3-4,7,12H,2,5-6H2,1H3. The lowest BCUT2D eigenvalue weighted by Crippen LogP contribution is -2.06. The zero-order valence-corrected chi connectivity index (χ0v) is 10.9. The second-order valence-electron chi connectivity index (χ2n) is 3.48. The second-order valence-corrected chi connectivity index (χ2v) is 5.44. The molecule has 1 aromatic carbocycles. The van der Waals surface area contributed by atoms with E-state index >= 15 is 0 Å². The molecule has 5 nitrogen and oxygen atoms in total. The number of hydrogen-bond donors (Lipinski definition) is 1. The van der Waals surface area contributed by atoms with E-state index in [0.29, 0.717) is 23.0 Å². The van der Waals surface area contributed by atoms with E-state index in [-0.39, 0.29) is 5.69 Å². The van der Waals surface area contributed by atoms with Gasteiger partial charge in [-0.25, -0.2) is 0 Å². The molecule has 0 aliphatic carbocycles. The molecule has 0 fully saturated rings. The lowest BCUT2D eigenvalue weighted by atomic mass is 10.3. The molecule has 0 aliphatic heterocycles. The first-order chi connectivity index (χ1) is 8.00. The van der Waals surface area contributed by atoms with Gasteiger partial charge in [-0.3, -0.25) is 14.3 Å². The van der Waals surface area contributed by atoms with E-state index in [4.69, 9.17) is 11.6 Å². The Morgan fingerprint density at radius 2 is 2.24 bits per heavy atom. The number of nitrogens with one attached hydrogen (secondary N) is 1. The van der Waals surface area contributed by atoms with E-state index in [1.165, 1.54) is 12.1 Å². The third-order valence-corrected chi connectivity index (χ3v) is 3.26. The molecule has 17 heavy (non-hydrogen) atoms. The Labute approximate surface area is 107 Å². The van der Waals surface area contributed by atoms with Crippen molar-refractivity contribution in [2.45, 2.75) is 6.42 Å². The quantitative estimate of drug-likeness (QED) is 0.492. The van der Waals surface area contributed by atoms with E-state index in [2.05, 4.69) is 5.32 Å². The number of nitro groups is 1. The molecule has 0 heterocycles. The summed E-state index contributed by atoms with van der Waals surface area (Å²) in [5, 5.41) is 13.9. The molecule has 0 saturated heterocycles. The van der Waals surface area contributed by atoms with Gasteiger partial charge in [-0.1, -0.05) is 11.6 Å². The maximum Gasteiger partial charge on any atom is 0.271 e. The second kappa shape index (κ2) is 6.56. The molecule has 0 amide bonds. The molecule has 0 aliphatic rings. The van der Waals surface area contributed by atoms with Crippen LogP contribution in [-0.4, -0.2) is 27.7 Å². The summed E-state index contributed by atoms with van der Waals surface area (Å²) in [5.41, 5.74) is 0.620. The van der Waals surface area contributed by atoms with E-state index in [9.17, 15) is 14.3 Å². The predicted octanol–water partition coefficient (Wildman–Crippen LogP) is 2.43. The van der Waals surface area contributed by atoms with Crippen LogP contribution in [0.3, 0.4) is 0 Å². The van der Waals surface area contributed by atoms with Crippen LogP contribution in [0.25, 0.3) is 0 Å². The number of hydrogen-bond acceptors (Lipinski definition) is 4. The largest absolute Gasteiger partial charge is 0.384 e. The summed E-state index contributed by atoms with van der Waals surface area (Å²) in [4.78, 5) is 10.0. The Morgan fingerprint density at radius 3 is 2.76 bits per heavy atom. The number of benzene rings is 1. The normalized spacial score (nSPS) is 12.1. The molecule has 0 aromatic heterocycles. The van der Waals surface area contributed by atoms with Gasteiger partial charge in [-0.2, -0.15) is 0 Å². The summed E-state index contributed by atoms with van der Waals surface area (Å²) in [5.74, 6) is 0.623. The first kappa shape index (κ1) is 13.9. The van der Waals surface area contributed by atoms with Crippen LogP contribution in [0.2, 0.25) is 5.02 Å². The van der Waals surface area contributed by atoms with Gasteiger partial charge in [0.05, 0.1) is 15.6 Å². The zero-order valence-electron chi connectivity index (χ0n) is 9.31. The van der Waals surface area contributed by atoms with Gasteiger partial charge in [-0.15, -0.1) is 0 Å². The Morgan fingerprint density at radius 1 is 1.53 bits per heavy atom. The number of nitrogens with zero attached hydrogens (tertiary/aromatic N) is 1. The molecule has 0 bridgehead atoms. The van der Waals surface area contributed by atoms with Crippen LogP contribution in [-0.2, 0) is 10.8 Å². The van der Waals surface area contributed by atoms with Crippen molar-refractivity contribution in [1.82, 2.24) is 0 Å². The lowest BCUT2D eigenvalue weighted by Gasteiger charge is -2.07. The molecular formula is C10H13ClN2O3S. The van der Waals surface area contributed by atoms with Crippen LogP contribution in [0.1, 0.15) is 6.42 Å². The molecule has 1 rings (SSSR count). The molecule has 1 unspecified atom stereocenters. The maximum absolute atomic E-state index is 10.8. The molecule has 94 valence electrons. The summed E-state index contributed by atoms with van der Waals surface area (Å²) in [6, 6.07) is 4.28. The Hall–Kier alpha value is -1.14. The highest BCUT2D eigenvalue weighted by Gasteiger charge is 2.08. The number of nitro benzene ring substituents is 1. The number of anilines is 1. The van der Waals surface area contributed by atoms with Crippen LogP contribution < -0.4 is 5.32 Å². The van der Waals surface area contributed by atoms with Gasteiger partial charge in [0.25, 0.3) is 5.69 Å². The van der Waals surface area contributed by atoms with Gasteiger partial charge in [-0.05, 0) is 12.5 Å². The van der Waals surface area contributed by atoms with Crippen LogP contribution in [0, 0.1) is 10.1 Å². The minimum absolute atomic E-state index is 0.0322. The fourth-order valence-corrected chi connectivity index (χ4v) is 2.05. The minimum atomic E-state index is -0.801. The van der Waals surface area contributed by atoms with E-state index < -0.39 is 15.7 Å². The smallest absolute Gasteiger partial charge is 0.271 e. The molecule has 1 aromatic rings. The van der Waals surface area contributed by atoms with Gasteiger partial charge >= 0.3 is 0 Å². The van der Waals surface area contributed by atoms with Crippen molar-refractivity contribution < 1.29 is 9.13 Å². The highest BCUT2D eigenvalue weighted by Crippen LogP contribution is 2.26. The summed E-state index contributed by atoms with van der Waals surface area (Å²) >= 11 is 5.89. The van der Waals surface area contributed by atoms with E-state index in [1.807, 2.05) is 0 Å². The number of halogens is 1. The van der Waals surface area contributed by atoms with E-state index in [1.54, 1.807) is 12.3 Å². The summed E-state index contributed by atoms with van der Waals surface area (Å²) < 4.78 is 10.8. The molecule has 1 N–H and O–H groups in total. The average Bonchev–Trinajstić information content (AvgIpc) is 2.25. The third kappa shape index (κ3) is 4.70. The first-order valence-electron chi connectivity index (χ1n) is 4.98. The van der Waals surface area contributed by atoms with Crippen molar-refractivity contribution in [2.75, 3.05) is 23.9 Å². The Kier molecular flexibility index (Phi) is 5.37. The fraction of sp³-hybridized carbons (Fsp3) is 0.400. The third-order valence-electron chi connectivity index (χ3n) is 2.09. The minimum Gasteiger partial charge on any atom is -0.384 e. The van der Waals surface area contributed by atoms with Crippen molar-refractivity contribution in [3.05, 3.63) is 33.3 Å². The summed E-state index contributed by atoms with van der Waals surface area (Å²) in [6.45, 7) is 0.636. The number of rotatable bonds is 6. The molecule has 7 heteroatoms. The SMILES string of the molecule is CS(=O)CCCNc1ccc([N+](=O)[O-])cc1Cl. The van der Waals surface area contributed by atoms with Gasteiger partial charge in [0.2, 0.25) is 0 Å². The van der Waals surface area contributed by atoms with Crippen molar-refractivity contribution in [3.8, 4) is 0 Å². The van der Waals surface area contributed by atoms with Gasteiger partial charge in [0, 0.05) is 41.5 Å². The molecular weight excluding hydrogens is 264 g/mol. The fourth-order valence-electron chi connectivity index (χ4n) is 1.26. The van der Waals surface area contributed by atoms with Crippen LogP contribution in [0.5, 0.6) is 0 Å². The van der Waals surface area contributed by atoms with Crippen LogP contribution in [0.15, 0.2) is 18.2 Å². The molecule has 0 spiro atoms. The van der Waals surface area contributed by atoms with Gasteiger partial charge < -0.3 is 5.32 Å². The highest BCUT2D eigenvalue weighted by molar-refractivity contribution is 7.84. The number of non-ortho nitro benzene ring substituents is 1. The molecule has 1 atom stereocenters. The Balaban J connectivity index is 2.54. The topological polar surface area (TPSA) is 72.2 Å². The Bertz CT molecular complexity index is 440. The molecule has 0 radical (unpaired) electrons. The summed E-state index contributed by atoms with van der Waals surface area (Å²) in [7, 11) is -0.801. The summed E-state index contributed by atoms with van der Waals surface area (Å²) in [6.07, 6.45) is 2.41. The lowest BCUT2D eigenvalue weighted by molar-refractivity contribution is -0.384. The van der Waals surface area contributed by atoms with Crippen molar-refractivity contribution >= 4 is 33.8 Å². The average molecular weight is 277 g/mol. The zero-order chi connectivity index (χ0) is 12.8. The van der Waals surface area contributed by atoms with Crippen molar-refractivity contribution in [1.29, 1.82) is 0 Å². The van der Waals surface area contributed by atoms with Crippen LogP contribution >= 0.6 is 11.6 Å². The molecule has 0 saturated carbocycles. The monoisotopic (exact) mass is 276 g/mol. The predicted molar refractivity (Wildman–Crippen MR) is 70.1 cm³/mol. The van der Waals surface area contributed by atoms with Crippen molar-refractivity contribution in [3.63, 3.8) is 0 Å². The maximum atomic E-state index is 10.8. The highest BCUT2D eigenvalue weighted by atomic mass is 35.5. The first-order valence-corrected chi connectivity index (χ1v) is 7.09. The van der Waals surface area contributed by atoms with Crippen LogP contribution in [0.4, 0.5) is 11.4 Å².